The molecule has 8 nitrogen and oxygen atoms in total. The second-order valence-corrected chi connectivity index (χ2v) is 11.6. The van der Waals surface area contributed by atoms with Crippen LogP contribution in [-0.2, 0) is 19.0 Å². The number of para-hydroxylation sites is 1. The first kappa shape index (κ1) is 29.2. The van der Waals surface area contributed by atoms with Gasteiger partial charge in [-0.1, -0.05) is 18.2 Å². The van der Waals surface area contributed by atoms with Gasteiger partial charge >= 0.3 is 12.1 Å². The number of carbonyl (C=O) groups excluding carboxylic acids is 2. The van der Waals surface area contributed by atoms with E-state index in [1.807, 2.05) is 39.0 Å². The summed E-state index contributed by atoms with van der Waals surface area (Å²) in [5, 5.41) is 6.54. The van der Waals surface area contributed by atoms with E-state index in [1.165, 1.54) is 0 Å². The van der Waals surface area contributed by atoms with Gasteiger partial charge in [0.1, 0.15) is 11.4 Å². The molecule has 1 aromatic rings. The van der Waals surface area contributed by atoms with Gasteiger partial charge in [0.25, 0.3) is 0 Å². The number of piperidine rings is 1. The Labute approximate surface area is 222 Å². The Morgan fingerprint density at radius 1 is 1.03 bits per heavy atom. The standard InChI is InChI=1S/C29H46N2O6/c1-7-34-26(32)29(5,6)36-25-13-9-8-11-22(25)20-14-16-21(17-15-20)35-19-24-23(12-10-18-30-24)31-27(33)37-28(2,3)4/h8-9,11,13,20-21,23-24,30H,7,10,12,14-19H2,1-6H3,(H,31,33)/t20?,21?,23-,24+/m0/s1. The van der Waals surface area contributed by atoms with E-state index in [0.717, 1.165) is 56.4 Å². The number of ether oxygens (including phenoxy) is 4. The molecule has 2 fully saturated rings. The summed E-state index contributed by atoms with van der Waals surface area (Å²) in [7, 11) is 0. The van der Waals surface area contributed by atoms with Crippen molar-refractivity contribution >= 4 is 12.1 Å². The third-order valence-corrected chi connectivity index (χ3v) is 6.96. The molecule has 0 radical (unpaired) electrons. The Morgan fingerprint density at radius 2 is 1.73 bits per heavy atom. The first-order chi connectivity index (χ1) is 17.5. The molecule has 208 valence electrons. The second-order valence-electron chi connectivity index (χ2n) is 11.6. The summed E-state index contributed by atoms with van der Waals surface area (Å²) in [5.41, 5.74) is -0.438. The molecule has 0 bridgehead atoms. The van der Waals surface area contributed by atoms with Crippen LogP contribution in [0.25, 0.3) is 0 Å². The first-order valence-electron chi connectivity index (χ1n) is 13.8. The Balaban J connectivity index is 1.52. The van der Waals surface area contributed by atoms with Gasteiger partial charge in [-0.05, 0) is 104 Å². The summed E-state index contributed by atoms with van der Waals surface area (Å²) < 4.78 is 23.1. The number of benzene rings is 1. The minimum absolute atomic E-state index is 0.00767. The third kappa shape index (κ3) is 8.88. The number of esters is 1. The molecule has 1 aromatic carbocycles. The Bertz CT molecular complexity index is 889. The fourth-order valence-corrected chi connectivity index (χ4v) is 5.07. The number of amides is 1. The summed E-state index contributed by atoms with van der Waals surface area (Å²) in [6, 6.07) is 8.06. The molecule has 37 heavy (non-hydrogen) atoms. The van der Waals surface area contributed by atoms with Crippen LogP contribution in [0.3, 0.4) is 0 Å². The van der Waals surface area contributed by atoms with Gasteiger partial charge in [0.15, 0.2) is 5.60 Å². The van der Waals surface area contributed by atoms with Gasteiger partial charge < -0.3 is 29.6 Å². The molecule has 2 aliphatic rings. The zero-order valence-electron chi connectivity index (χ0n) is 23.4. The highest BCUT2D eigenvalue weighted by Crippen LogP contribution is 2.39. The SMILES string of the molecule is CCOC(=O)C(C)(C)Oc1ccccc1C1CCC(OC[C@H]2NCCC[C@@H]2NC(=O)OC(C)(C)C)CC1. The van der Waals surface area contributed by atoms with Crippen molar-refractivity contribution in [3.05, 3.63) is 29.8 Å². The lowest BCUT2D eigenvalue weighted by Crippen LogP contribution is -2.56. The van der Waals surface area contributed by atoms with Gasteiger partial charge in [-0.15, -0.1) is 0 Å². The van der Waals surface area contributed by atoms with E-state index in [4.69, 9.17) is 18.9 Å². The summed E-state index contributed by atoms with van der Waals surface area (Å²) in [6.45, 7) is 12.7. The average molecular weight is 519 g/mol. The van der Waals surface area contributed by atoms with Gasteiger partial charge in [-0.25, -0.2) is 9.59 Å². The molecule has 1 aliphatic carbocycles. The van der Waals surface area contributed by atoms with E-state index in [-0.39, 0.29) is 30.3 Å². The Hall–Kier alpha value is -2.32. The van der Waals surface area contributed by atoms with E-state index in [9.17, 15) is 9.59 Å². The van der Waals surface area contributed by atoms with E-state index in [1.54, 1.807) is 20.8 Å². The number of alkyl carbamates (subject to hydrolysis) is 1. The van der Waals surface area contributed by atoms with Crippen molar-refractivity contribution in [1.29, 1.82) is 0 Å². The number of rotatable bonds is 9. The van der Waals surface area contributed by atoms with E-state index < -0.39 is 11.2 Å². The zero-order chi connectivity index (χ0) is 27.1. The van der Waals surface area contributed by atoms with E-state index in [0.29, 0.717) is 19.1 Å². The molecule has 2 atom stereocenters. The maximum Gasteiger partial charge on any atom is 0.407 e. The highest BCUT2D eigenvalue weighted by molar-refractivity contribution is 5.79. The molecule has 0 aromatic heterocycles. The van der Waals surface area contributed by atoms with Crippen molar-refractivity contribution in [2.45, 2.75) is 115 Å². The van der Waals surface area contributed by atoms with Crippen molar-refractivity contribution in [2.75, 3.05) is 19.8 Å². The summed E-state index contributed by atoms with van der Waals surface area (Å²) >= 11 is 0. The van der Waals surface area contributed by atoms with Gasteiger partial charge in [0.05, 0.1) is 25.4 Å². The smallest absolute Gasteiger partial charge is 0.407 e. The predicted molar refractivity (Wildman–Crippen MR) is 143 cm³/mol. The van der Waals surface area contributed by atoms with Crippen LogP contribution < -0.4 is 15.4 Å². The van der Waals surface area contributed by atoms with Crippen molar-refractivity contribution in [3.63, 3.8) is 0 Å². The van der Waals surface area contributed by atoms with E-state index >= 15 is 0 Å². The van der Waals surface area contributed by atoms with Gasteiger partial charge in [-0.2, -0.15) is 0 Å². The van der Waals surface area contributed by atoms with Crippen LogP contribution in [0.5, 0.6) is 5.75 Å². The highest BCUT2D eigenvalue weighted by Gasteiger charge is 2.34. The van der Waals surface area contributed by atoms with Crippen LogP contribution in [0, 0.1) is 0 Å². The fourth-order valence-electron chi connectivity index (χ4n) is 5.07. The minimum Gasteiger partial charge on any atom is -0.476 e. The van der Waals surface area contributed by atoms with E-state index in [2.05, 4.69) is 16.7 Å². The molecule has 1 aliphatic heterocycles. The largest absolute Gasteiger partial charge is 0.476 e. The molecular weight excluding hydrogens is 472 g/mol. The normalized spacial score (nSPS) is 24.7. The van der Waals surface area contributed by atoms with Crippen molar-refractivity contribution < 1.29 is 28.5 Å². The molecule has 0 unspecified atom stereocenters. The van der Waals surface area contributed by atoms with Crippen molar-refractivity contribution in [3.8, 4) is 5.75 Å². The number of hydrogen-bond acceptors (Lipinski definition) is 7. The molecule has 8 heteroatoms. The van der Waals surface area contributed by atoms with Crippen LogP contribution in [0.4, 0.5) is 4.79 Å². The summed E-state index contributed by atoms with van der Waals surface area (Å²) in [4.78, 5) is 24.6. The lowest BCUT2D eigenvalue weighted by Gasteiger charge is -2.36. The zero-order valence-corrected chi connectivity index (χ0v) is 23.4. The molecule has 1 saturated carbocycles. The third-order valence-electron chi connectivity index (χ3n) is 6.96. The van der Waals surface area contributed by atoms with Gasteiger partial charge in [0, 0.05) is 6.04 Å². The topological polar surface area (TPSA) is 95.1 Å². The lowest BCUT2D eigenvalue weighted by molar-refractivity contribution is -0.158. The summed E-state index contributed by atoms with van der Waals surface area (Å²) in [6.07, 6.45) is 5.62. The highest BCUT2D eigenvalue weighted by atomic mass is 16.6. The van der Waals surface area contributed by atoms with Gasteiger partial charge in [0.2, 0.25) is 0 Å². The number of hydrogen-bond donors (Lipinski definition) is 2. The predicted octanol–water partition coefficient (Wildman–Crippen LogP) is 5.10. The number of nitrogens with one attached hydrogen (secondary N) is 2. The lowest BCUT2D eigenvalue weighted by atomic mass is 9.82. The second kappa shape index (κ2) is 13.0. The number of carbonyl (C=O) groups is 2. The maximum atomic E-state index is 12.3. The van der Waals surface area contributed by atoms with Crippen LogP contribution in [0.2, 0.25) is 0 Å². The molecule has 3 rings (SSSR count). The molecule has 2 N–H and O–H groups in total. The van der Waals surface area contributed by atoms with Crippen LogP contribution in [0.1, 0.15) is 91.5 Å². The Kier molecular flexibility index (Phi) is 10.2. The van der Waals surface area contributed by atoms with Crippen LogP contribution >= 0.6 is 0 Å². The van der Waals surface area contributed by atoms with Crippen LogP contribution in [-0.4, -0.2) is 61.2 Å². The molecule has 0 spiro atoms. The first-order valence-corrected chi connectivity index (χ1v) is 13.8. The minimum atomic E-state index is -1.05. The van der Waals surface area contributed by atoms with Crippen molar-refractivity contribution in [1.82, 2.24) is 10.6 Å². The molecule has 1 heterocycles. The monoisotopic (exact) mass is 518 g/mol. The molecule has 1 amide bonds. The van der Waals surface area contributed by atoms with Crippen molar-refractivity contribution in [2.24, 2.45) is 0 Å². The average Bonchev–Trinajstić information content (AvgIpc) is 2.83. The summed E-state index contributed by atoms with van der Waals surface area (Å²) in [5.74, 6) is 0.730. The quantitative estimate of drug-likeness (QED) is 0.440. The Morgan fingerprint density at radius 3 is 2.41 bits per heavy atom. The molecule has 1 saturated heterocycles. The maximum absolute atomic E-state index is 12.3. The fraction of sp³-hybridized carbons (Fsp3) is 0.724. The van der Waals surface area contributed by atoms with Gasteiger partial charge in [-0.3, -0.25) is 0 Å². The molecular formula is C29H46N2O6. The van der Waals surface area contributed by atoms with Crippen LogP contribution in [0.15, 0.2) is 24.3 Å².